The van der Waals surface area contributed by atoms with Crippen molar-refractivity contribution in [2.24, 2.45) is 39.9 Å². The number of fused-ring (bicyclic) bond motifs is 3. The van der Waals surface area contributed by atoms with Crippen molar-refractivity contribution in [3.05, 3.63) is 0 Å². The van der Waals surface area contributed by atoms with E-state index in [-0.39, 0.29) is 16.8 Å². The largest absolute Gasteiger partial charge is 0.469 e. The zero-order valence-corrected chi connectivity index (χ0v) is 15.6. The third-order valence-electron chi connectivity index (χ3n) is 9.16. The minimum Gasteiger partial charge on any atom is -0.469 e. The Morgan fingerprint density at radius 2 is 1.88 bits per heavy atom. The van der Waals surface area contributed by atoms with Crippen LogP contribution >= 0.6 is 0 Å². The molecule has 4 rings (SSSR count). The van der Waals surface area contributed by atoms with Crippen LogP contribution in [0.15, 0.2) is 0 Å². The molecule has 2 bridgehead atoms. The van der Waals surface area contributed by atoms with Gasteiger partial charge >= 0.3 is 5.97 Å². The van der Waals surface area contributed by atoms with Crippen LogP contribution in [0.3, 0.4) is 0 Å². The smallest absolute Gasteiger partial charge is 0.311 e. The highest BCUT2D eigenvalue weighted by atomic mass is 16.5. The van der Waals surface area contributed by atoms with Crippen LogP contribution in [0.25, 0.3) is 0 Å². The maximum absolute atomic E-state index is 12.6. The van der Waals surface area contributed by atoms with Crippen LogP contribution in [-0.4, -0.2) is 24.8 Å². The monoisotopic (exact) mass is 334 g/mol. The third kappa shape index (κ3) is 2.03. The highest BCUT2D eigenvalue weighted by Gasteiger charge is 2.65. The van der Waals surface area contributed by atoms with Crippen molar-refractivity contribution < 1.29 is 14.6 Å². The van der Waals surface area contributed by atoms with E-state index in [0.29, 0.717) is 23.9 Å². The number of ether oxygens (including phenoxy) is 1. The molecule has 1 unspecified atom stereocenters. The number of hydrogen-bond donors (Lipinski definition) is 1. The summed E-state index contributed by atoms with van der Waals surface area (Å²) < 4.78 is 5.24. The molecule has 1 spiro atoms. The van der Waals surface area contributed by atoms with E-state index in [1.54, 1.807) is 7.11 Å². The quantitative estimate of drug-likeness (QED) is 0.771. The van der Waals surface area contributed by atoms with Crippen LogP contribution in [0, 0.1) is 39.9 Å². The molecule has 1 N–H and O–H groups in total. The number of methoxy groups -OCH3 is 1. The summed E-state index contributed by atoms with van der Waals surface area (Å²) in [5.74, 6) is 2.50. The summed E-state index contributed by atoms with van der Waals surface area (Å²) in [6.07, 6.45) is 11.0. The molecule has 0 aromatic carbocycles. The Labute approximate surface area is 146 Å². The number of hydrogen-bond acceptors (Lipinski definition) is 3. The SMILES string of the molecule is COC(=O)[C@]1(C)CCC[C@@]2(C)[C@@H]3CCC4C[C@@]3(CC[C@@H]21)C[C@@H]4CO. The van der Waals surface area contributed by atoms with E-state index in [1.807, 2.05) is 0 Å². The van der Waals surface area contributed by atoms with Crippen molar-refractivity contribution in [2.45, 2.75) is 71.6 Å². The fraction of sp³-hybridized carbons (Fsp3) is 0.952. The molecular formula is C21H34O3. The molecule has 4 fully saturated rings. The second-order valence-corrected chi connectivity index (χ2v) is 9.96. The van der Waals surface area contributed by atoms with Crippen LogP contribution in [0.1, 0.15) is 71.6 Å². The van der Waals surface area contributed by atoms with Gasteiger partial charge in [-0.1, -0.05) is 13.3 Å². The van der Waals surface area contributed by atoms with Gasteiger partial charge in [0.15, 0.2) is 0 Å². The van der Waals surface area contributed by atoms with Crippen molar-refractivity contribution in [2.75, 3.05) is 13.7 Å². The molecule has 7 atom stereocenters. The summed E-state index contributed by atoms with van der Waals surface area (Å²) in [6.45, 7) is 5.05. The molecule has 0 aromatic heterocycles. The van der Waals surface area contributed by atoms with Gasteiger partial charge in [-0.3, -0.25) is 4.79 Å². The lowest BCUT2D eigenvalue weighted by molar-refractivity contribution is -0.183. The first-order chi connectivity index (χ1) is 11.4. The van der Waals surface area contributed by atoms with Crippen molar-refractivity contribution >= 4 is 5.97 Å². The predicted molar refractivity (Wildman–Crippen MR) is 93.3 cm³/mol. The van der Waals surface area contributed by atoms with E-state index in [4.69, 9.17) is 4.74 Å². The van der Waals surface area contributed by atoms with E-state index in [1.165, 1.54) is 44.9 Å². The molecule has 136 valence electrons. The fourth-order valence-electron chi connectivity index (χ4n) is 8.28. The van der Waals surface area contributed by atoms with E-state index in [2.05, 4.69) is 13.8 Å². The zero-order chi connectivity index (χ0) is 17.2. The molecule has 4 aliphatic rings. The van der Waals surface area contributed by atoms with Crippen molar-refractivity contribution in [3.63, 3.8) is 0 Å². The van der Waals surface area contributed by atoms with Gasteiger partial charge in [-0.15, -0.1) is 0 Å². The lowest BCUT2D eigenvalue weighted by atomic mass is 9.41. The first-order valence-electron chi connectivity index (χ1n) is 10.1. The first kappa shape index (κ1) is 16.9. The minimum absolute atomic E-state index is 0.0164. The Bertz CT molecular complexity index is 531. The molecular weight excluding hydrogens is 300 g/mol. The standard InChI is InChI=1S/C21H34O3/c1-19-8-4-9-20(2,18(23)24-3)16(19)7-10-21-11-14(5-6-17(19)21)15(12-21)13-22/h14-17,22H,4-13H2,1-3H3/t14?,15-,16+,17+,19-,20-,21+/m1/s1. The number of rotatable bonds is 2. The number of carbonyl (C=O) groups excluding carboxylic acids is 1. The second-order valence-electron chi connectivity index (χ2n) is 9.96. The summed E-state index contributed by atoms with van der Waals surface area (Å²) in [7, 11) is 1.55. The Balaban J connectivity index is 1.69. The topological polar surface area (TPSA) is 46.5 Å². The van der Waals surface area contributed by atoms with Gasteiger partial charge in [0.1, 0.15) is 0 Å². The van der Waals surface area contributed by atoms with Crippen molar-refractivity contribution in [1.29, 1.82) is 0 Å². The van der Waals surface area contributed by atoms with Crippen LogP contribution in [0.5, 0.6) is 0 Å². The summed E-state index contributed by atoms with van der Waals surface area (Å²) in [5.41, 5.74) is 0.430. The maximum atomic E-state index is 12.6. The number of aliphatic hydroxyl groups excluding tert-OH is 1. The third-order valence-corrected chi connectivity index (χ3v) is 9.16. The Kier molecular flexibility index (Phi) is 3.84. The number of carbonyl (C=O) groups is 1. The lowest BCUT2D eigenvalue weighted by Gasteiger charge is -2.63. The molecule has 0 aromatic rings. The van der Waals surface area contributed by atoms with Crippen LogP contribution < -0.4 is 0 Å². The van der Waals surface area contributed by atoms with Gasteiger partial charge in [0.2, 0.25) is 0 Å². The molecule has 4 aliphatic carbocycles. The maximum Gasteiger partial charge on any atom is 0.311 e. The molecule has 0 heterocycles. The van der Waals surface area contributed by atoms with Gasteiger partial charge in [-0.25, -0.2) is 0 Å². The van der Waals surface area contributed by atoms with Gasteiger partial charge in [0.25, 0.3) is 0 Å². The first-order valence-corrected chi connectivity index (χ1v) is 10.1. The molecule has 3 nitrogen and oxygen atoms in total. The summed E-state index contributed by atoms with van der Waals surface area (Å²) >= 11 is 0. The zero-order valence-electron chi connectivity index (χ0n) is 15.6. The van der Waals surface area contributed by atoms with E-state index in [9.17, 15) is 9.90 Å². The molecule has 0 radical (unpaired) electrons. The highest BCUT2D eigenvalue weighted by molar-refractivity contribution is 5.77. The molecule has 3 heteroatoms. The number of esters is 1. The summed E-state index contributed by atoms with van der Waals surface area (Å²) in [6, 6.07) is 0. The number of aliphatic hydroxyl groups is 1. The Hall–Kier alpha value is -0.570. The van der Waals surface area contributed by atoms with Crippen LogP contribution in [0.2, 0.25) is 0 Å². The van der Waals surface area contributed by atoms with Gasteiger partial charge < -0.3 is 9.84 Å². The van der Waals surface area contributed by atoms with E-state index >= 15 is 0 Å². The van der Waals surface area contributed by atoms with Crippen LogP contribution in [0.4, 0.5) is 0 Å². The minimum atomic E-state index is -0.296. The highest BCUT2D eigenvalue weighted by Crippen LogP contribution is 2.72. The average molecular weight is 335 g/mol. The second kappa shape index (κ2) is 5.46. The predicted octanol–water partition coefficient (Wildman–Crippen LogP) is 4.18. The normalized spacial score (nSPS) is 53.2. The summed E-state index contributed by atoms with van der Waals surface area (Å²) in [5, 5.41) is 9.82. The fourth-order valence-corrected chi connectivity index (χ4v) is 8.28. The average Bonchev–Trinajstić information content (AvgIpc) is 2.84. The lowest BCUT2D eigenvalue weighted by Crippen LogP contribution is -2.58. The summed E-state index contributed by atoms with van der Waals surface area (Å²) in [4.78, 5) is 12.6. The molecule has 4 saturated carbocycles. The molecule has 0 amide bonds. The molecule has 0 aliphatic heterocycles. The molecule has 24 heavy (non-hydrogen) atoms. The molecule has 0 saturated heterocycles. The van der Waals surface area contributed by atoms with Gasteiger partial charge in [-0.2, -0.15) is 0 Å². The van der Waals surface area contributed by atoms with Crippen molar-refractivity contribution in [1.82, 2.24) is 0 Å². The van der Waals surface area contributed by atoms with Gasteiger partial charge in [0, 0.05) is 6.61 Å². The Morgan fingerprint density at radius 1 is 1.08 bits per heavy atom. The van der Waals surface area contributed by atoms with Crippen LogP contribution in [-0.2, 0) is 9.53 Å². The van der Waals surface area contributed by atoms with Crippen molar-refractivity contribution in [3.8, 4) is 0 Å². The Morgan fingerprint density at radius 3 is 2.58 bits per heavy atom. The van der Waals surface area contributed by atoms with Gasteiger partial charge in [-0.05, 0) is 92.8 Å². The van der Waals surface area contributed by atoms with Gasteiger partial charge in [0.05, 0.1) is 12.5 Å². The van der Waals surface area contributed by atoms with E-state index in [0.717, 1.165) is 24.7 Å². The van der Waals surface area contributed by atoms with E-state index < -0.39 is 0 Å².